The normalized spacial score (nSPS) is 17.5. The molecule has 0 spiro atoms. The predicted octanol–water partition coefficient (Wildman–Crippen LogP) is 10.8. The minimum Gasteiger partial charge on any atom is -0.460 e. The van der Waals surface area contributed by atoms with Crippen molar-refractivity contribution >= 4 is 47.2 Å². The maximum Gasteiger partial charge on any atom is 0.302 e. The Hall–Kier alpha value is -6.22. The van der Waals surface area contributed by atoms with E-state index in [2.05, 4.69) is 162 Å². The summed E-state index contributed by atoms with van der Waals surface area (Å²) in [6.45, 7) is 8.71. The van der Waals surface area contributed by atoms with Crippen LogP contribution in [0.25, 0.3) is 0 Å². The van der Waals surface area contributed by atoms with E-state index >= 15 is 0 Å². The predicted molar refractivity (Wildman–Crippen MR) is 311 cm³/mol. The summed E-state index contributed by atoms with van der Waals surface area (Å²) in [7, 11) is 0. The minimum atomic E-state index is -0.754. The number of nitrogens with zero attached hydrogens (tertiary/aromatic N) is 1. The van der Waals surface area contributed by atoms with Crippen LogP contribution in [0, 0.1) is 5.92 Å². The SMILES string of the molecule is CCC1OC(OCCCCCCNC(=O)CN(CCSC(c2ccccc2)(c2ccccc2)c2ccccc2)CC(=O)NCCSC(c2ccccc2)(c2ccccc2)c2ccccc2)C(NC(C)=O)C(OC(C)=O)C1C. The molecule has 0 saturated carbocycles. The Balaban J connectivity index is 0.988. The van der Waals surface area contributed by atoms with Crippen LogP contribution in [0.4, 0.5) is 0 Å². The number of unbranched alkanes of at least 4 members (excludes halogenated alkanes) is 3. The molecule has 11 nitrogen and oxygen atoms in total. The van der Waals surface area contributed by atoms with Gasteiger partial charge in [-0.3, -0.25) is 24.1 Å². The summed E-state index contributed by atoms with van der Waals surface area (Å²) >= 11 is 3.61. The number of nitrogens with one attached hydrogen (secondary N) is 3. The first kappa shape index (κ1) is 58.5. The average Bonchev–Trinajstić information content (AvgIpc) is 3.48. The third kappa shape index (κ3) is 15.9. The summed E-state index contributed by atoms with van der Waals surface area (Å²) in [5.41, 5.74) is 6.93. The van der Waals surface area contributed by atoms with Crippen LogP contribution in [0.1, 0.15) is 93.2 Å². The van der Waals surface area contributed by atoms with Gasteiger partial charge in [0, 0.05) is 57.5 Å². The lowest BCUT2D eigenvalue weighted by atomic mass is 9.84. The number of esters is 1. The maximum absolute atomic E-state index is 14.1. The van der Waals surface area contributed by atoms with Crippen LogP contribution >= 0.6 is 23.5 Å². The van der Waals surface area contributed by atoms with Crippen molar-refractivity contribution in [3.8, 4) is 0 Å². The van der Waals surface area contributed by atoms with Gasteiger partial charge in [-0.05, 0) is 52.6 Å². The van der Waals surface area contributed by atoms with Crippen molar-refractivity contribution in [2.75, 3.05) is 50.8 Å². The van der Waals surface area contributed by atoms with E-state index in [0.717, 1.165) is 59.1 Å². The molecule has 1 aliphatic heterocycles. The molecule has 77 heavy (non-hydrogen) atoms. The van der Waals surface area contributed by atoms with Crippen LogP contribution in [-0.4, -0.2) is 104 Å². The van der Waals surface area contributed by atoms with Crippen LogP contribution in [-0.2, 0) is 42.9 Å². The van der Waals surface area contributed by atoms with Crippen molar-refractivity contribution in [1.82, 2.24) is 20.9 Å². The summed E-state index contributed by atoms with van der Waals surface area (Å²) < 4.78 is 17.1. The molecule has 1 heterocycles. The second kappa shape index (κ2) is 30.1. The van der Waals surface area contributed by atoms with Gasteiger partial charge in [-0.2, -0.15) is 0 Å². The van der Waals surface area contributed by atoms with Crippen molar-refractivity contribution in [2.24, 2.45) is 5.92 Å². The van der Waals surface area contributed by atoms with Crippen molar-refractivity contribution in [3.05, 3.63) is 215 Å². The molecular formula is C64H76N4O7S2. The van der Waals surface area contributed by atoms with Gasteiger partial charge in [0.05, 0.1) is 28.7 Å². The van der Waals surface area contributed by atoms with E-state index in [1.807, 2.05) is 66.9 Å². The van der Waals surface area contributed by atoms with Gasteiger partial charge in [-0.15, -0.1) is 23.5 Å². The van der Waals surface area contributed by atoms with Gasteiger partial charge in [0.1, 0.15) is 12.1 Å². The zero-order valence-corrected chi connectivity index (χ0v) is 46.7. The first-order valence-electron chi connectivity index (χ1n) is 27.1. The average molecular weight is 1080 g/mol. The Morgan fingerprint density at radius 3 is 1.36 bits per heavy atom. The Morgan fingerprint density at radius 2 is 0.961 bits per heavy atom. The number of amides is 3. The fourth-order valence-corrected chi connectivity index (χ4v) is 13.4. The monoisotopic (exact) mass is 1080 g/mol. The van der Waals surface area contributed by atoms with E-state index in [4.69, 9.17) is 14.2 Å². The summed E-state index contributed by atoms with van der Waals surface area (Å²) in [5, 5.41) is 9.26. The Labute approximate surface area is 465 Å². The van der Waals surface area contributed by atoms with Crippen LogP contribution in [0.3, 0.4) is 0 Å². The molecule has 1 aliphatic rings. The van der Waals surface area contributed by atoms with E-state index in [9.17, 15) is 19.2 Å². The molecule has 1 saturated heterocycles. The van der Waals surface area contributed by atoms with Crippen LogP contribution in [0.2, 0.25) is 0 Å². The van der Waals surface area contributed by atoms with Crippen molar-refractivity contribution in [3.63, 3.8) is 0 Å². The van der Waals surface area contributed by atoms with Crippen molar-refractivity contribution in [2.45, 2.75) is 93.8 Å². The smallest absolute Gasteiger partial charge is 0.302 e. The molecular weight excluding hydrogens is 1000 g/mol. The third-order valence-electron chi connectivity index (χ3n) is 14.1. The first-order chi connectivity index (χ1) is 37.5. The molecule has 13 heteroatoms. The zero-order valence-electron chi connectivity index (χ0n) is 45.0. The van der Waals surface area contributed by atoms with Crippen LogP contribution in [0.15, 0.2) is 182 Å². The topological polar surface area (TPSA) is 135 Å². The van der Waals surface area contributed by atoms with Gasteiger partial charge in [0.25, 0.3) is 0 Å². The summed E-state index contributed by atoms with van der Waals surface area (Å²) in [5.74, 6) is 0.195. The molecule has 6 aromatic rings. The van der Waals surface area contributed by atoms with E-state index in [0.29, 0.717) is 44.2 Å². The highest BCUT2D eigenvalue weighted by Gasteiger charge is 2.46. The number of benzene rings is 6. The van der Waals surface area contributed by atoms with Gasteiger partial charge in [-0.1, -0.05) is 209 Å². The van der Waals surface area contributed by atoms with Gasteiger partial charge >= 0.3 is 5.97 Å². The Bertz CT molecular complexity index is 2520. The quantitative estimate of drug-likeness (QED) is 0.0237. The van der Waals surface area contributed by atoms with E-state index in [1.165, 1.54) is 13.8 Å². The Kier molecular flexibility index (Phi) is 22.8. The zero-order chi connectivity index (χ0) is 54.3. The number of ether oxygens (including phenoxy) is 3. The number of hydrogen-bond acceptors (Lipinski definition) is 10. The number of hydrogen-bond donors (Lipinski definition) is 3. The maximum atomic E-state index is 14.1. The van der Waals surface area contributed by atoms with Gasteiger partial charge < -0.3 is 30.2 Å². The lowest BCUT2D eigenvalue weighted by Gasteiger charge is -2.44. The highest BCUT2D eigenvalue weighted by atomic mass is 32.2. The van der Waals surface area contributed by atoms with Gasteiger partial charge in [-0.25, -0.2) is 0 Å². The number of rotatable bonds is 29. The molecule has 406 valence electrons. The lowest BCUT2D eigenvalue weighted by molar-refractivity contribution is -0.253. The van der Waals surface area contributed by atoms with Gasteiger partial charge in [0.15, 0.2) is 6.29 Å². The molecule has 0 aromatic heterocycles. The first-order valence-corrected chi connectivity index (χ1v) is 29.1. The van der Waals surface area contributed by atoms with E-state index < -0.39 is 33.9 Å². The molecule has 0 aliphatic carbocycles. The largest absolute Gasteiger partial charge is 0.460 e. The summed E-state index contributed by atoms with van der Waals surface area (Å²) in [6.07, 6.45) is 2.41. The fourth-order valence-electron chi connectivity index (χ4n) is 10.4. The summed E-state index contributed by atoms with van der Waals surface area (Å²) in [4.78, 5) is 54.1. The third-order valence-corrected chi connectivity index (χ3v) is 17.2. The number of carbonyl (C=O) groups is 4. The molecule has 5 unspecified atom stereocenters. The standard InChI is InChI=1S/C64H76N4O7S2/c1-5-57-48(2)61(74-50(4)70)60(67-49(3)69)62(75-57)73-43-27-7-6-26-40-65-58(71)46-68(42-45-77-64(54-34-20-11-21-35-54,55-36-22-12-23-37-55)56-38-24-13-25-39-56)47-59(72)66-41-44-76-63(51-28-14-8-15-29-51,52-30-16-9-17-31-52)53-32-18-10-19-33-53/h8-25,28-39,48,57,60-62H,5-7,26-27,40-47H2,1-4H3,(H,65,71)(H,66,72)(H,67,69). The lowest BCUT2D eigenvalue weighted by Crippen LogP contribution is -2.62. The van der Waals surface area contributed by atoms with Crippen molar-refractivity contribution in [1.29, 1.82) is 0 Å². The van der Waals surface area contributed by atoms with Crippen LogP contribution in [0.5, 0.6) is 0 Å². The highest BCUT2D eigenvalue weighted by molar-refractivity contribution is 8.00. The molecule has 3 amide bonds. The molecule has 0 radical (unpaired) electrons. The molecule has 5 atom stereocenters. The second-order valence-electron chi connectivity index (χ2n) is 19.6. The fraction of sp³-hybridized carbons (Fsp3) is 0.375. The molecule has 6 aromatic carbocycles. The van der Waals surface area contributed by atoms with E-state index in [-0.39, 0.29) is 42.8 Å². The number of thioether (sulfide) groups is 2. The number of carbonyl (C=O) groups excluding carboxylic acids is 4. The Morgan fingerprint density at radius 1 is 0.558 bits per heavy atom. The van der Waals surface area contributed by atoms with Crippen molar-refractivity contribution < 1.29 is 33.4 Å². The second-order valence-corrected chi connectivity index (χ2v) is 22.2. The molecule has 0 bridgehead atoms. The molecule has 7 rings (SSSR count). The molecule has 1 fully saturated rings. The molecule has 3 N–H and O–H groups in total. The summed E-state index contributed by atoms with van der Waals surface area (Å²) in [6, 6.07) is 62.7. The van der Waals surface area contributed by atoms with Gasteiger partial charge in [0.2, 0.25) is 17.7 Å². The van der Waals surface area contributed by atoms with E-state index in [1.54, 1.807) is 11.8 Å². The minimum absolute atomic E-state index is 0.0574. The highest BCUT2D eigenvalue weighted by Crippen LogP contribution is 2.49. The van der Waals surface area contributed by atoms with Crippen LogP contribution < -0.4 is 16.0 Å².